The van der Waals surface area contributed by atoms with E-state index in [1.807, 2.05) is 26.0 Å². The van der Waals surface area contributed by atoms with Gasteiger partial charge in [0.2, 0.25) is 11.8 Å². The van der Waals surface area contributed by atoms with Gasteiger partial charge in [-0.15, -0.1) is 0 Å². The van der Waals surface area contributed by atoms with Crippen molar-refractivity contribution in [2.24, 2.45) is 0 Å². The molecule has 122 valence electrons. The number of amides is 2. The van der Waals surface area contributed by atoms with E-state index in [0.717, 1.165) is 23.2 Å². The number of aryl methyl sites for hydroxylation is 1. The number of hydrogen-bond donors (Lipinski definition) is 1. The minimum absolute atomic E-state index is 0.000871. The molecule has 0 aliphatic rings. The minimum atomic E-state index is 0.000871. The second-order valence-electron chi connectivity index (χ2n) is 5.94. The number of hydrogen-bond acceptors (Lipinski definition) is 2. The molecule has 4 nitrogen and oxygen atoms in total. The Morgan fingerprint density at radius 3 is 2.50 bits per heavy atom. The lowest BCUT2D eigenvalue weighted by molar-refractivity contribution is -0.121. The van der Waals surface area contributed by atoms with Crippen molar-refractivity contribution in [2.45, 2.75) is 53.4 Å². The van der Waals surface area contributed by atoms with Crippen molar-refractivity contribution < 1.29 is 9.59 Å². The summed E-state index contributed by atoms with van der Waals surface area (Å²) >= 11 is 0. The molecule has 22 heavy (non-hydrogen) atoms. The highest BCUT2D eigenvalue weighted by molar-refractivity contribution is 5.93. The van der Waals surface area contributed by atoms with Gasteiger partial charge in [0.05, 0.1) is 5.69 Å². The summed E-state index contributed by atoms with van der Waals surface area (Å²) < 4.78 is 0. The van der Waals surface area contributed by atoms with Gasteiger partial charge in [-0.3, -0.25) is 9.59 Å². The van der Waals surface area contributed by atoms with Crippen LogP contribution in [0.25, 0.3) is 0 Å². The van der Waals surface area contributed by atoms with Crippen molar-refractivity contribution in [3.63, 3.8) is 0 Å². The van der Waals surface area contributed by atoms with Crippen LogP contribution >= 0.6 is 0 Å². The number of nitrogens with one attached hydrogen (secondary N) is 1. The van der Waals surface area contributed by atoms with Gasteiger partial charge in [0.25, 0.3) is 0 Å². The van der Waals surface area contributed by atoms with Gasteiger partial charge >= 0.3 is 0 Å². The molecule has 0 aliphatic heterocycles. The van der Waals surface area contributed by atoms with E-state index in [-0.39, 0.29) is 11.8 Å². The molecule has 0 atom stereocenters. The van der Waals surface area contributed by atoms with Crippen molar-refractivity contribution in [3.05, 3.63) is 29.3 Å². The van der Waals surface area contributed by atoms with Crippen LogP contribution in [0.5, 0.6) is 0 Å². The third-order valence-corrected chi connectivity index (χ3v) is 3.68. The summed E-state index contributed by atoms with van der Waals surface area (Å²) in [6.45, 7) is 10.8. The molecule has 1 aromatic rings. The normalized spacial score (nSPS) is 10.6. The summed E-state index contributed by atoms with van der Waals surface area (Å²) in [5.74, 6) is 0.382. The predicted molar refractivity (Wildman–Crippen MR) is 91.2 cm³/mol. The van der Waals surface area contributed by atoms with E-state index >= 15 is 0 Å². The number of para-hydroxylation sites is 1. The first-order valence-electron chi connectivity index (χ1n) is 8.02. The number of carbonyl (C=O) groups is 2. The zero-order valence-electron chi connectivity index (χ0n) is 14.4. The predicted octanol–water partition coefficient (Wildman–Crippen LogP) is 3.39. The Bertz CT molecular complexity index is 524. The van der Waals surface area contributed by atoms with Gasteiger partial charge in [0, 0.05) is 26.4 Å². The molecule has 2 amide bonds. The van der Waals surface area contributed by atoms with Crippen LogP contribution in [0, 0.1) is 6.92 Å². The standard InChI is InChI=1S/C18H28N2O2/c1-6-8-17(22)19-11-12-20(15(5)21)18-14(4)9-7-10-16(18)13(2)3/h7,9-10,13H,6,8,11-12H2,1-5H3,(H,19,22). The highest BCUT2D eigenvalue weighted by Gasteiger charge is 2.19. The van der Waals surface area contributed by atoms with E-state index in [1.54, 1.807) is 11.8 Å². The van der Waals surface area contributed by atoms with Gasteiger partial charge in [-0.2, -0.15) is 0 Å². The number of anilines is 1. The second-order valence-corrected chi connectivity index (χ2v) is 5.94. The number of rotatable bonds is 7. The van der Waals surface area contributed by atoms with Gasteiger partial charge in [-0.25, -0.2) is 0 Å². The summed E-state index contributed by atoms with van der Waals surface area (Å²) in [6, 6.07) is 6.11. The van der Waals surface area contributed by atoms with Crippen molar-refractivity contribution >= 4 is 17.5 Å². The van der Waals surface area contributed by atoms with Crippen LogP contribution in [-0.2, 0) is 9.59 Å². The van der Waals surface area contributed by atoms with Crippen LogP contribution in [0.3, 0.4) is 0 Å². The Morgan fingerprint density at radius 1 is 1.27 bits per heavy atom. The fourth-order valence-electron chi connectivity index (χ4n) is 2.57. The molecule has 0 radical (unpaired) electrons. The summed E-state index contributed by atoms with van der Waals surface area (Å²) in [5, 5.41) is 2.87. The van der Waals surface area contributed by atoms with Gasteiger partial charge in [0.15, 0.2) is 0 Å². The molecule has 0 spiro atoms. The lowest BCUT2D eigenvalue weighted by Gasteiger charge is -2.27. The van der Waals surface area contributed by atoms with E-state index in [4.69, 9.17) is 0 Å². The largest absolute Gasteiger partial charge is 0.354 e. The summed E-state index contributed by atoms with van der Waals surface area (Å²) in [7, 11) is 0. The third-order valence-electron chi connectivity index (χ3n) is 3.68. The van der Waals surface area contributed by atoms with Crippen LogP contribution in [0.4, 0.5) is 5.69 Å². The summed E-state index contributed by atoms with van der Waals surface area (Å²) in [6.07, 6.45) is 1.36. The SMILES string of the molecule is CCCC(=O)NCCN(C(C)=O)c1c(C)cccc1C(C)C. The van der Waals surface area contributed by atoms with Crippen LogP contribution < -0.4 is 10.2 Å². The maximum atomic E-state index is 12.1. The van der Waals surface area contributed by atoms with Crippen molar-refractivity contribution in [2.75, 3.05) is 18.0 Å². The molecule has 0 saturated heterocycles. The van der Waals surface area contributed by atoms with E-state index in [0.29, 0.717) is 25.4 Å². The molecular formula is C18H28N2O2. The van der Waals surface area contributed by atoms with Crippen LogP contribution in [-0.4, -0.2) is 24.9 Å². The van der Waals surface area contributed by atoms with Crippen LogP contribution in [0.1, 0.15) is 57.6 Å². The quantitative estimate of drug-likeness (QED) is 0.839. The van der Waals surface area contributed by atoms with Crippen LogP contribution in [0.15, 0.2) is 18.2 Å². The van der Waals surface area contributed by atoms with Crippen LogP contribution in [0.2, 0.25) is 0 Å². The van der Waals surface area contributed by atoms with E-state index in [9.17, 15) is 9.59 Å². The number of nitrogens with zero attached hydrogens (tertiary/aromatic N) is 1. The van der Waals surface area contributed by atoms with Crippen molar-refractivity contribution in [3.8, 4) is 0 Å². The van der Waals surface area contributed by atoms with Gasteiger partial charge in [0.1, 0.15) is 0 Å². The second kappa shape index (κ2) is 8.57. The molecule has 4 heteroatoms. The molecule has 0 fully saturated rings. The average Bonchev–Trinajstić information content (AvgIpc) is 2.44. The maximum absolute atomic E-state index is 12.1. The van der Waals surface area contributed by atoms with Gasteiger partial charge < -0.3 is 10.2 Å². The molecule has 0 aliphatic carbocycles. The van der Waals surface area contributed by atoms with E-state index < -0.39 is 0 Å². The molecule has 1 N–H and O–H groups in total. The topological polar surface area (TPSA) is 49.4 Å². The zero-order valence-corrected chi connectivity index (χ0v) is 14.4. The Morgan fingerprint density at radius 2 is 1.95 bits per heavy atom. The lowest BCUT2D eigenvalue weighted by Crippen LogP contribution is -2.38. The maximum Gasteiger partial charge on any atom is 0.223 e. The Hall–Kier alpha value is -1.84. The first-order valence-corrected chi connectivity index (χ1v) is 8.02. The summed E-state index contributed by atoms with van der Waals surface area (Å²) in [5.41, 5.74) is 3.23. The molecule has 1 aromatic carbocycles. The highest BCUT2D eigenvalue weighted by atomic mass is 16.2. The van der Waals surface area contributed by atoms with E-state index in [2.05, 4.69) is 25.2 Å². The Labute approximate surface area is 133 Å². The molecule has 0 heterocycles. The molecule has 1 rings (SSSR count). The first-order chi connectivity index (χ1) is 10.4. The lowest BCUT2D eigenvalue weighted by atomic mass is 9.97. The Balaban J connectivity index is 2.93. The van der Waals surface area contributed by atoms with Crippen molar-refractivity contribution in [1.29, 1.82) is 0 Å². The minimum Gasteiger partial charge on any atom is -0.354 e. The summed E-state index contributed by atoms with van der Waals surface area (Å²) in [4.78, 5) is 25.4. The fraction of sp³-hybridized carbons (Fsp3) is 0.556. The third kappa shape index (κ3) is 4.86. The van der Waals surface area contributed by atoms with Gasteiger partial charge in [-0.1, -0.05) is 39.0 Å². The first kappa shape index (κ1) is 18.2. The van der Waals surface area contributed by atoms with E-state index in [1.165, 1.54) is 0 Å². The molecule has 0 aromatic heterocycles. The molecule has 0 unspecified atom stereocenters. The fourth-order valence-corrected chi connectivity index (χ4v) is 2.57. The monoisotopic (exact) mass is 304 g/mol. The Kier molecular flexibility index (Phi) is 7.09. The highest BCUT2D eigenvalue weighted by Crippen LogP contribution is 2.30. The number of benzene rings is 1. The zero-order chi connectivity index (χ0) is 16.7. The average molecular weight is 304 g/mol. The smallest absolute Gasteiger partial charge is 0.223 e. The molecule has 0 saturated carbocycles. The molecular weight excluding hydrogens is 276 g/mol. The molecule has 0 bridgehead atoms. The van der Waals surface area contributed by atoms with Gasteiger partial charge in [-0.05, 0) is 30.4 Å². The number of carbonyl (C=O) groups excluding carboxylic acids is 2. The van der Waals surface area contributed by atoms with Crippen molar-refractivity contribution in [1.82, 2.24) is 5.32 Å².